The molecule has 0 aliphatic heterocycles. The molecule has 0 unspecified atom stereocenters. The maximum atomic E-state index is 12.0. The van der Waals surface area contributed by atoms with Crippen LogP contribution in [-0.2, 0) is 0 Å². The van der Waals surface area contributed by atoms with Gasteiger partial charge in [-0.05, 0) is 19.8 Å². The minimum Gasteiger partial charge on any atom is -0.351 e. The summed E-state index contributed by atoms with van der Waals surface area (Å²) >= 11 is 1.38. The van der Waals surface area contributed by atoms with Crippen LogP contribution in [0.5, 0.6) is 0 Å². The van der Waals surface area contributed by atoms with E-state index in [1.165, 1.54) is 11.3 Å². The number of rotatable bonds is 3. The van der Waals surface area contributed by atoms with E-state index in [0.717, 1.165) is 21.4 Å². The van der Waals surface area contributed by atoms with Gasteiger partial charge in [-0.2, -0.15) is 0 Å². The number of nitrogens with one attached hydrogen (secondary N) is 1. The fourth-order valence-electron chi connectivity index (χ4n) is 1.65. The van der Waals surface area contributed by atoms with Gasteiger partial charge in [-0.3, -0.25) is 9.20 Å². The Morgan fingerprint density at radius 2 is 2.12 bits per heavy atom. The molecule has 0 aliphatic rings. The topological polar surface area (TPSA) is 59.3 Å². The smallest absolute Gasteiger partial charge is 0.263 e. The van der Waals surface area contributed by atoms with Crippen molar-refractivity contribution in [2.75, 3.05) is 6.54 Å². The highest BCUT2D eigenvalue weighted by Gasteiger charge is 2.18. The van der Waals surface area contributed by atoms with Crippen LogP contribution < -0.4 is 5.32 Å². The van der Waals surface area contributed by atoms with E-state index in [9.17, 15) is 4.79 Å². The maximum absolute atomic E-state index is 12.0. The minimum atomic E-state index is -0.0221. The Labute approximate surface area is 104 Å². The van der Waals surface area contributed by atoms with Gasteiger partial charge in [-0.25, -0.2) is 0 Å². The van der Waals surface area contributed by atoms with E-state index in [1.807, 2.05) is 18.2 Å². The SMILES string of the molecule is Cc1nnc2sc(C(=O)NCC(C)C)c(C)n12. The molecule has 2 rings (SSSR count). The lowest BCUT2D eigenvalue weighted by molar-refractivity contribution is 0.0952. The number of fused-ring (bicyclic) bond motifs is 1. The monoisotopic (exact) mass is 252 g/mol. The molecule has 6 heteroatoms. The molecule has 1 amide bonds. The van der Waals surface area contributed by atoms with Gasteiger partial charge >= 0.3 is 0 Å². The first-order valence-electron chi connectivity index (χ1n) is 5.60. The molecule has 2 aromatic rings. The van der Waals surface area contributed by atoms with E-state index >= 15 is 0 Å². The summed E-state index contributed by atoms with van der Waals surface area (Å²) < 4.78 is 1.91. The van der Waals surface area contributed by atoms with Crippen LogP contribution in [0, 0.1) is 19.8 Å². The average molecular weight is 252 g/mol. The first-order valence-corrected chi connectivity index (χ1v) is 6.41. The number of aromatic nitrogens is 3. The number of hydrogen-bond acceptors (Lipinski definition) is 4. The summed E-state index contributed by atoms with van der Waals surface area (Å²) in [5.41, 5.74) is 0.911. The number of carbonyl (C=O) groups excluding carboxylic acids is 1. The summed E-state index contributed by atoms with van der Waals surface area (Å²) in [5, 5.41) is 10.9. The molecule has 2 heterocycles. The molecule has 5 nitrogen and oxygen atoms in total. The molecule has 2 aromatic heterocycles. The van der Waals surface area contributed by atoms with Crippen LogP contribution in [-0.4, -0.2) is 27.0 Å². The summed E-state index contributed by atoms with van der Waals surface area (Å²) in [4.78, 5) is 13.5. The molecular formula is C11H16N4OS. The second-order valence-electron chi connectivity index (χ2n) is 4.49. The van der Waals surface area contributed by atoms with Gasteiger partial charge in [0.1, 0.15) is 10.7 Å². The third kappa shape index (κ3) is 2.17. The molecule has 0 fully saturated rings. The standard InChI is InChI=1S/C11H16N4OS/c1-6(2)5-12-10(16)9-7(3)15-8(4)13-14-11(15)17-9/h6H,5H2,1-4H3,(H,12,16). The normalized spacial score (nSPS) is 11.4. The van der Waals surface area contributed by atoms with Crippen LogP contribution in [0.2, 0.25) is 0 Å². The molecule has 0 saturated heterocycles. The van der Waals surface area contributed by atoms with Crippen molar-refractivity contribution in [3.63, 3.8) is 0 Å². The number of carbonyl (C=O) groups is 1. The lowest BCUT2D eigenvalue weighted by Crippen LogP contribution is -2.27. The summed E-state index contributed by atoms with van der Waals surface area (Å²) in [7, 11) is 0. The summed E-state index contributed by atoms with van der Waals surface area (Å²) in [6.45, 7) is 8.64. The Morgan fingerprint density at radius 3 is 2.71 bits per heavy atom. The molecule has 0 radical (unpaired) electrons. The second-order valence-corrected chi connectivity index (χ2v) is 5.46. The zero-order valence-corrected chi connectivity index (χ0v) is 11.3. The number of nitrogens with zero attached hydrogens (tertiary/aromatic N) is 3. The molecule has 0 spiro atoms. The average Bonchev–Trinajstić information content (AvgIpc) is 2.78. The Balaban J connectivity index is 2.29. The maximum Gasteiger partial charge on any atom is 0.263 e. The predicted octanol–water partition coefficient (Wildman–Crippen LogP) is 1.79. The van der Waals surface area contributed by atoms with Crippen molar-refractivity contribution < 1.29 is 4.79 Å². The second kappa shape index (κ2) is 4.44. The van der Waals surface area contributed by atoms with Gasteiger partial charge < -0.3 is 5.32 Å². The van der Waals surface area contributed by atoms with Crippen LogP contribution in [0.15, 0.2) is 0 Å². The Morgan fingerprint density at radius 1 is 1.41 bits per heavy atom. The van der Waals surface area contributed by atoms with E-state index in [1.54, 1.807) is 0 Å². The minimum absolute atomic E-state index is 0.0221. The van der Waals surface area contributed by atoms with Gasteiger partial charge in [0, 0.05) is 12.2 Å². The number of hydrogen-bond donors (Lipinski definition) is 1. The molecule has 1 N–H and O–H groups in total. The van der Waals surface area contributed by atoms with Gasteiger partial charge in [0.05, 0.1) is 0 Å². The summed E-state index contributed by atoms with van der Waals surface area (Å²) in [6, 6.07) is 0. The third-order valence-corrected chi connectivity index (χ3v) is 3.66. The molecule has 0 saturated carbocycles. The van der Waals surface area contributed by atoms with Crippen molar-refractivity contribution in [3.05, 3.63) is 16.4 Å². The van der Waals surface area contributed by atoms with Gasteiger partial charge in [0.25, 0.3) is 5.91 Å². The first-order chi connectivity index (χ1) is 8.00. The fourth-order valence-corrected chi connectivity index (χ4v) is 2.68. The number of aryl methyl sites for hydroxylation is 2. The lowest BCUT2D eigenvalue weighted by atomic mass is 10.2. The zero-order chi connectivity index (χ0) is 12.6. The Bertz CT molecular complexity index is 555. The zero-order valence-electron chi connectivity index (χ0n) is 10.4. The molecular weight excluding hydrogens is 236 g/mol. The molecule has 17 heavy (non-hydrogen) atoms. The molecule has 0 atom stereocenters. The Hall–Kier alpha value is -1.43. The summed E-state index contributed by atoms with van der Waals surface area (Å²) in [6.07, 6.45) is 0. The lowest BCUT2D eigenvalue weighted by Gasteiger charge is -2.06. The van der Waals surface area contributed by atoms with Crippen molar-refractivity contribution in [1.82, 2.24) is 19.9 Å². The highest BCUT2D eigenvalue weighted by Crippen LogP contribution is 2.22. The van der Waals surface area contributed by atoms with Gasteiger partial charge in [0.2, 0.25) is 4.96 Å². The van der Waals surface area contributed by atoms with Crippen molar-refractivity contribution in [2.24, 2.45) is 5.92 Å². The third-order valence-electron chi connectivity index (χ3n) is 2.53. The molecule has 0 aromatic carbocycles. The number of amides is 1. The largest absolute Gasteiger partial charge is 0.351 e. The first kappa shape index (κ1) is 12.0. The molecule has 0 aliphatic carbocycles. The van der Waals surface area contributed by atoms with Gasteiger partial charge in [0.15, 0.2) is 0 Å². The number of thiazole rings is 1. The van der Waals surface area contributed by atoms with Crippen LogP contribution >= 0.6 is 11.3 Å². The highest BCUT2D eigenvalue weighted by atomic mass is 32.1. The Kier molecular flexibility index (Phi) is 3.15. The summed E-state index contributed by atoms with van der Waals surface area (Å²) in [5.74, 6) is 1.24. The van der Waals surface area contributed by atoms with Crippen molar-refractivity contribution in [2.45, 2.75) is 27.7 Å². The van der Waals surface area contributed by atoms with Crippen molar-refractivity contribution in [3.8, 4) is 0 Å². The van der Waals surface area contributed by atoms with Crippen LogP contribution in [0.4, 0.5) is 0 Å². The highest BCUT2D eigenvalue weighted by molar-refractivity contribution is 7.19. The van der Waals surface area contributed by atoms with Gasteiger partial charge in [-0.1, -0.05) is 25.2 Å². The van der Waals surface area contributed by atoms with Crippen LogP contribution in [0.1, 0.15) is 35.0 Å². The van der Waals surface area contributed by atoms with Crippen molar-refractivity contribution >= 4 is 22.2 Å². The van der Waals surface area contributed by atoms with E-state index in [-0.39, 0.29) is 5.91 Å². The fraction of sp³-hybridized carbons (Fsp3) is 0.545. The van der Waals surface area contributed by atoms with E-state index in [0.29, 0.717) is 12.5 Å². The van der Waals surface area contributed by atoms with Gasteiger partial charge in [-0.15, -0.1) is 10.2 Å². The van der Waals surface area contributed by atoms with E-state index in [4.69, 9.17) is 0 Å². The quantitative estimate of drug-likeness (QED) is 0.906. The van der Waals surface area contributed by atoms with E-state index in [2.05, 4.69) is 29.4 Å². The molecule has 92 valence electrons. The molecule has 0 bridgehead atoms. The van der Waals surface area contributed by atoms with Crippen LogP contribution in [0.25, 0.3) is 4.96 Å². The predicted molar refractivity (Wildman–Crippen MR) is 67.5 cm³/mol. The van der Waals surface area contributed by atoms with Crippen LogP contribution in [0.3, 0.4) is 0 Å². The van der Waals surface area contributed by atoms with E-state index < -0.39 is 0 Å². The van der Waals surface area contributed by atoms with Crippen molar-refractivity contribution in [1.29, 1.82) is 0 Å².